The molecule has 0 aliphatic carbocycles. The quantitative estimate of drug-likeness (QED) is 0.369. The maximum atomic E-state index is 12.9. The number of benzene rings is 1. The summed E-state index contributed by atoms with van der Waals surface area (Å²) in [7, 11) is 1.48. The number of nitrogens with zero attached hydrogens (tertiary/aromatic N) is 5. The molecule has 0 amide bonds. The second-order valence-corrected chi connectivity index (χ2v) is 8.57. The van der Waals surface area contributed by atoms with Crippen LogP contribution in [0.3, 0.4) is 0 Å². The molecule has 1 atom stereocenters. The lowest BCUT2D eigenvalue weighted by molar-refractivity contribution is 0.391. The zero-order valence-corrected chi connectivity index (χ0v) is 19.8. The number of para-hydroxylation sites is 1. The Hall–Kier alpha value is -3.88. The molecule has 1 aromatic carbocycles. The van der Waals surface area contributed by atoms with Crippen molar-refractivity contribution in [1.29, 1.82) is 5.26 Å². The Morgan fingerprint density at radius 2 is 1.97 bits per heavy atom. The molecule has 0 aliphatic rings. The number of aromatic nitrogens is 4. The number of methoxy groups -OCH3 is 2. The number of pyridine rings is 1. The summed E-state index contributed by atoms with van der Waals surface area (Å²) in [6, 6.07) is 12.4. The van der Waals surface area contributed by atoms with Crippen molar-refractivity contribution in [3.05, 3.63) is 65.1 Å². The third kappa shape index (κ3) is 4.73. The number of hydrogen-bond acceptors (Lipinski definition) is 8. The summed E-state index contributed by atoms with van der Waals surface area (Å²) < 4.78 is 34.1. The van der Waals surface area contributed by atoms with E-state index in [2.05, 4.69) is 26.0 Å². The maximum absolute atomic E-state index is 12.9. The monoisotopic (exact) mass is 498 g/mol. The third-order valence-corrected chi connectivity index (χ3v) is 6.01. The molecular formula is C22H19ClN6O4S. The van der Waals surface area contributed by atoms with Gasteiger partial charge in [-0.3, -0.25) is 14.3 Å². The van der Waals surface area contributed by atoms with E-state index in [1.165, 1.54) is 32.7 Å². The molecular weight excluding hydrogens is 480 g/mol. The molecule has 174 valence electrons. The molecule has 0 aliphatic heterocycles. The Morgan fingerprint density at radius 1 is 1.21 bits per heavy atom. The van der Waals surface area contributed by atoms with Crippen molar-refractivity contribution in [1.82, 2.24) is 19.7 Å². The van der Waals surface area contributed by atoms with Crippen LogP contribution in [-0.2, 0) is 17.4 Å². The zero-order valence-electron chi connectivity index (χ0n) is 18.2. The first kappa shape index (κ1) is 23.3. The number of ether oxygens (including phenoxy) is 2. The highest BCUT2D eigenvalue weighted by atomic mass is 35.5. The van der Waals surface area contributed by atoms with E-state index in [1.54, 1.807) is 34.9 Å². The number of aryl methyl sites for hydroxylation is 1. The number of nitriles is 1. The van der Waals surface area contributed by atoms with Crippen LogP contribution in [0, 0.1) is 11.3 Å². The standard InChI is InChI=1S/C22H19ClN6O4S/c1-31-17-5-3-6-18(32-2)20(17)29-21(19-7-4-9-33-19)26-27-22(29)28-34(30)10-8-16-14(12-24)11-15(23)13-25-16/h3-7,9,11,13H,8,10H2,1-2H3,(H,27,28). The molecule has 10 nitrogen and oxygen atoms in total. The van der Waals surface area contributed by atoms with Gasteiger partial charge in [-0.15, -0.1) is 10.2 Å². The number of nitrogens with one attached hydrogen (secondary N) is 1. The molecule has 0 saturated heterocycles. The van der Waals surface area contributed by atoms with E-state index in [4.69, 9.17) is 25.5 Å². The molecule has 3 heterocycles. The van der Waals surface area contributed by atoms with Gasteiger partial charge in [0.05, 0.1) is 36.8 Å². The lowest BCUT2D eigenvalue weighted by Crippen LogP contribution is -2.15. The van der Waals surface area contributed by atoms with Crippen LogP contribution in [0.4, 0.5) is 5.95 Å². The Kier molecular flexibility index (Phi) is 7.10. The number of anilines is 1. The SMILES string of the molecule is COc1cccc(OC)c1-n1c(NS(=O)CCc2ncc(Cl)cc2C#N)nnc1-c1ccco1. The van der Waals surface area contributed by atoms with Crippen LogP contribution in [-0.4, -0.2) is 43.9 Å². The number of halogens is 1. The molecule has 0 spiro atoms. The average Bonchev–Trinajstić information content (AvgIpc) is 3.52. The highest BCUT2D eigenvalue weighted by molar-refractivity contribution is 7.86. The van der Waals surface area contributed by atoms with Crippen molar-refractivity contribution >= 4 is 28.5 Å². The molecule has 0 radical (unpaired) electrons. The first-order valence-corrected chi connectivity index (χ1v) is 11.7. The largest absolute Gasteiger partial charge is 0.494 e. The molecule has 4 rings (SSSR count). The van der Waals surface area contributed by atoms with E-state index >= 15 is 0 Å². The molecule has 34 heavy (non-hydrogen) atoms. The van der Waals surface area contributed by atoms with Gasteiger partial charge in [0, 0.05) is 18.4 Å². The van der Waals surface area contributed by atoms with Crippen LogP contribution < -0.4 is 14.2 Å². The van der Waals surface area contributed by atoms with Gasteiger partial charge in [-0.1, -0.05) is 17.7 Å². The van der Waals surface area contributed by atoms with Crippen LogP contribution in [0.1, 0.15) is 11.3 Å². The first-order chi connectivity index (χ1) is 16.5. The molecule has 12 heteroatoms. The number of hydrogen-bond donors (Lipinski definition) is 1. The van der Waals surface area contributed by atoms with E-state index in [-0.39, 0.29) is 18.1 Å². The highest BCUT2D eigenvalue weighted by Gasteiger charge is 2.24. The minimum Gasteiger partial charge on any atom is -0.494 e. The van der Waals surface area contributed by atoms with Gasteiger partial charge in [0.25, 0.3) is 0 Å². The minimum atomic E-state index is -1.59. The summed E-state index contributed by atoms with van der Waals surface area (Å²) in [6.45, 7) is 0. The summed E-state index contributed by atoms with van der Waals surface area (Å²) in [5.74, 6) is 2.14. The second kappa shape index (κ2) is 10.4. The lowest BCUT2D eigenvalue weighted by Gasteiger charge is -2.17. The van der Waals surface area contributed by atoms with Crippen molar-refractivity contribution in [2.45, 2.75) is 6.42 Å². The van der Waals surface area contributed by atoms with Crippen molar-refractivity contribution in [3.8, 4) is 34.8 Å². The van der Waals surface area contributed by atoms with E-state index in [0.29, 0.717) is 45.1 Å². The summed E-state index contributed by atoms with van der Waals surface area (Å²) in [5.41, 5.74) is 1.35. The zero-order chi connectivity index (χ0) is 24.1. The molecule has 0 saturated carbocycles. The van der Waals surface area contributed by atoms with Crippen molar-refractivity contribution < 1.29 is 18.1 Å². The summed E-state index contributed by atoms with van der Waals surface area (Å²) in [6.07, 6.45) is 3.26. The summed E-state index contributed by atoms with van der Waals surface area (Å²) in [5, 5.41) is 18.1. The van der Waals surface area contributed by atoms with Gasteiger partial charge in [0.15, 0.2) is 5.76 Å². The Morgan fingerprint density at radius 3 is 2.62 bits per heavy atom. The summed E-state index contributed by atoms with van der Waals surface area (Å²) >= 11 is 5.90. The number of rotatable bonds is 9. The van der Waals surface area contributed by atoms with Gasteiger partial charge in [-0.05, 0) is 30.3 Å². The predicted octanol–water partition coefficient (Wildman–Crippen LogP) is 3.78. The minimum absolute atomic E-state index is 0.162. The predicted molar refractivity (Wildman–Crippen MR) is 126 cm³/mol. The van der Waals surface area contributed by atoms with Gasteiger partial charge >= 0.3 is 0 Å². The molecule has 1 unspecified atom stereocenters. The fraction of sp³-hybridized carbons (Fsp3) is 0.182. The van der Waals surface area contributed by atoms with E-state index in [9.17, 15) is 9.47 Å². The lowest BCUT2D eigenvalue weighted by atomic mass is 10.2. The topological polar surface area (TPSA) is 128 Å². The van der Waals surface area contributed by atoms with Crippen LogP contribution in [0.2, 0.25) is 5.02 Å². The molecule has 3 aromatic heterocycles. The Bertz CT molecular complexity index is 1340. The Labute approximate surface area is 202 Å². The molecule has 0 fully saturated rings. The van der Waals surface area contributed by atoms with E-state index < -0.39 is 11.0 Å². The van der Waals surface area contributed by atoms with Crippen LogP contribution in [0.5, 0.6) is 11.5 Å². The van der Waals surface area contributed by atoms with E-state index in [1.807, 2.05) is 0 Å². The maximum Gasteiger partial charge on any atom is 0.241 e. The van der Waals surface area contributed by atoms with Gasteiger partial charge < -0.3 is 13.9 Å². The van der Waals surface area contributed by atoms with Crippen LogP contribution in [0.15, 0.2) is 53.3 Å². The summed E-state index contributed by atoms with van der Waals surface area (Å²) in [4.78, 5) is 4.18. The van der Waals surface area contributed by atoms with Gasteiger partial charge in [0.2, 0.25) is 11.8 Å². The van der Waals surface area contributed by atoms with E-state index in [0.717, 1.165) is 0 Å². The smallest absolute Gasteiger partial charge is 0.241 e. The van der Waals surface area contributed by atoms with Gasteiger partial charge in [-0.2, -0.15) is 5.26 Å². The van der Waals surface area contributed by atoms with Gasteiger partial charge in [-0.25, -0.2) is 4.21 Å². The second-order valence-electron chi connectivity index (χ2n) is 6.83. The third-order valence-electron chi connectivity index (χ3n) is 4.82. The number of furan rings is 1. The van der Waals surface area contributed by atoms with Crippen molar-refractivity contribution in [2.75, 3.05) is 24.7 Å². The van der Waals surface area contributed by atoms with Crippen molar-refractivity contribution in [3.63, 3.8) is 0 Å². The Balaban J connectivity index is 1.68. The van der Waals surface area contributed by atoms with Crippen LogP contribution in [0.25, 0.3) is 17.3 Å². The highest BCUT2D eigenvalue weighted by Crippen LogP contribution is 2.37. The average molecular weight is 499 g/mol. The molecule has 0 bridgehead atoms. The first-order valence-electron chi connectivity index (χ1n) is 9.96. The fourth-order valence-corrected chi connectivity index (χ4v) is 4.26. The fourth-order valence-electron chi connectivity index (χ4n) is 3.29. The molecule has 4 aromatic rings. The normalized spacial score (nSPS) is 11.6. The van der Waals surface area contributed by atoms with Gasteiger partial charge in [0.1, 0.15) is 34.2 Å². The molecule has 1 N–H and O–H groups in total. The van der Waals surface area contributed by atoms with Crippen molar-refractivity contribution in [2.24, 2.45) is 0 Å². The van der Waals surface area contributed by atoms with Crippen LogP contribution >= 0.6 is 11.6 Å².